The third kappa shape index (κ3) is 4.29. The maximum absolute atomic E-state index is 13.7. The van der Waals surface area contributed by atoms with Crippen molar-refractivity contribution in [2.24, 2.45) is 0 Å². The second-order valence-electron chi connectivity index (χ2n) is 8.26. The van der Waals surface area contributed by atoms with Crippen LogP contribution in [0.5, 0.6) is 11.5 Å². The second kappa shape index (κ2) is 9.43. The molecule has 1 amide bonds. The molecule has 1 aliphatic heterocycles. The van der Waals surface area contributed by atoms with Crippen LogP contribution in [0, 0.1) is 6.92 Å². The molecule has 1 unspecified atom stereocenters. The summed E-state index contributed by atoms with van der Waals surface area (Å²) in [6, 6.07) is 11.3. The molecule has 7 heteroatoms. The molecule has 2 aromatic rings. The van der Waals surface area contributed by atoms with Gasteiger partial charge < -0.3 is 20.1 Å². The van der Waals surface area contributed by atoms with Gasteiger partial charge >= 0.3 is 0 Å². The van der Waals surface area contributed by atoms with Crippen molar-refractivity contribution < 1.29 is 19.1 Å². The van der Waals surface area contributed by atoms with E-state index in [1.807, 2.05) is 50.2 Å². The van der Waals surface area contributed by atoms with Gasteiger partial charge in [-0.15, -0.1) is 0 Å². The van der Waals surface area contributed by atoms with Gasteiger partial charge in [0, 0.05) is 40.2 Å². The highest BCUT2D eigenvalue weighted by Crippen LogP contribution is 2.47. The van der Waals surface area contributed by atoms with Crippen molar-refractivity contribution in [1.29, 1.82) is 0 Å². The summed E-state index contributed by atoms with van der Waals surface area (Å²) >= 11 is 3.51. The Labute approximate surface area is 202 Å². The Morgan fingerprint density at radius 2 is 1.82 bits per heavy atom. The van der Waals surface area contributed by atoms with Gasteiger partial charge in [-0.25, -0.2) is 0 Å². The Hall–Kier alpha value is -3.06. The third-order valence-electron chi connectivity index (χ3n) is 6.23. The van der Waals surface area contributed by atoms with E-state index < -0.39 is 5.92 Å². The number of allylic oxidation sites excluding steroid dienone is 3. The number of carbonyl (C=O) groups excluding carboxylic acids is 2. The molecule has 0 saturated heterocycles. The monoisotopic (exact) mass is 510 g/mol. The van der Waals surface area contributed by atoms with Gasteiger partial charge in [0.2, 0.25) is 0 Å². The van der Waals surface area contributed by atoms with Gasteiger partial charge in [-0.2, -0.15) is 0 Å². The number of hydrogen-bond acceptors (Lipinski definition) is 5. The van der Waals surface area contributed by atoms with E-state index in [0.29, 0.717) is 29.1 Å². The molecule has 2 aromatic carbocycles. The number of halogens is 1. The molecule has 33 heavy (non-hydrogen) atoms. The number of anilines is 1. The van der Waals surface area contributed by atoms with Gasteiger partial charge in [0.1, 0.15) is 11.5 Å². The highest BCUT2D eigenvalue weighted by molar-refractivity contribution is 9.10. The molecule has 0 radical (unpaired) electrons. The smallest absolute Gasteiger partial charge is 0.254 e. The van der Waals surface area contributed by atoms with E-state index in [0.717, 1.165) is 45.5 Å². The lowest BCUT2D eigenvalue weighted by molar-refractivity contribution is -0.116. The Morgan fingerprint density at radius 3 is 2.52 bits per heavy atom. The van der Waals surface area contributed by atoms with E-state index in [2.05, 4.69) is 26.6 Å². The summed E-state index contributed by atoms with van der Waals surface area (Å²) in [6.07, 6.45) is 2.01. The molecule has 0 aromatic heterocycles. The summed E-state index contributed by atoms with van der Waals surface area (Å²) in [5.41, 5.74) is 5.14. The van der Waals surface area contributed by atoms with Gasteiger partial charge in [0.05, 0.1) is 24.6 Å². The molecule has 1 aliphatic carbocycles. The minimum atomic E-state index is -0.574. The van der Waals surface area contributed by atoms with Crippen LogP contribution in [0.2, 0.25) is 0 Å². The number of ether oxygens (including phenoxy) is 2. The summed E-state index contributed by atoms with van der Waals surface area (Å²) in [4.78, 5) is 26.9. The number of ketones is 1. The molecule has 0 bridgehead atoms. The molecule has 0 fully saturated rings. The van der Waals surface area contributed by atoms with Crippen LogP contribution < -0.4 is 20.1 Å². The number of methoxy groups -OCH3 is 2. The van der Waals surface area contributed by atoms with E-state index >= 15 is 0 Å². The largest absolute Gasteiger partial charge is 0.496 e. The van der Waals surface area contributed by atoms with Crippen molar-refractivity contribution in [1.82, 2.24) is 5.32 Å². The van der Waals surface area contributed by atoms with Crippen LogP contribution in [-0.4, -0.2) is 25.9 Å². The van der Waals surface area contributed by atoms with E-state index in [9.17, 15) is 9.59 Å². The van der Waals surface area contributed by atoms with Crippen molar-refractivity contribution >= 4 is 33.3 Å². The van der Waals surface area contributed by atoms with Gasteiger partial charge in [0.25, 0.3) is 5.91 Å². The van der Waals surface area contributed by atoms with E-state index in [1.165, 1.54) is 0 Å². The topological polar surface area (TPSA) is 76.7 Å². The lowest BCUT2D eigenvalue weighted by Crippen LogP contribution is -2.35. The first-order valence-corrected chi connectivity index (χ1v) is 11.7. The molecule has 4 rings (SSSR count). The van der Waals surface area contributed by atoms with E-state index in [1.54, 1.807) is 14.2 Å². The maximum atomic E-state index is 13.7. The number of para-hydroxylation sites is 1. The Kier molecular flexibility index (Phi) is 6.61. The first-order chi connectivity index (χ1) is 15.8. The molecule has 0 saturated carbocycles. The molecule has 6 nitrogen and oxygen atoms in total. The maximum Gasteiger partial charge on any atom is 0.254 e. The zero-order chi connectivity index (χ0) is 23.7. The molecular weight excluding hydrogens is 484 g/mol. The summed E-state index contributed by atoms with van der Waals surface area (Å²) < 4.78 is 12.0. The zero-order valence-electron chi connectivity index (χ0n) is 19.2. The summed E-state index contributed by atoms with van der Waals surface area (Å²) in [6.45, 7) is 3.83. The van der Waals surface area contributed by atoms with Crippen molar-refractivity contribution in [3.63, 3.8) is 0 Å². The molecular formula is C26H27BrN2O4. The van der Waals surface area contributed by atoms with Crippen LogP contribution in [0.4, 0.5) is 5.69 Å². The molecule has 2 aliphatic rings. The average molecular weight is 511 g/mol. The van der Waals surface area contributed by atoms with Crippen LogP contribution in [0.3, 0.4) is 0 Å². The zero-order valence-corrected chi connectivity index (χ0v) is 20.8. The highest BCUT2D eigenvalue weighted by Gasteiger charge is 2.40. The minimum Gasteiger partial charge on any atom is -0.496 e. The fourth-order valence-electron chi connectivity index (χ4n) is 4.61. The van der Waals surface area contributed by atoms with Gasteiger partial charge in [0.15, 0.2) is 5.78 Å². The van der Waals surface area contributed by atoms with Crippen molar-refractivity contribution in [3.05, 3.63) is 74.5 Å². The summed E-state index contributed by atoms with van der Waals surface area (Å²) in [5, 5.41) is 6.40. The number of nitrogens with one attached hydrogen (secondary N) is 2. The number of Topliss-reactive ketones (excluding diaryl/α,β-unsaturated/α-hetero) is 1. The lowest BCUT2D eigenvalue weighted by Gasteiger charge is -2.35. The third-order valence-corrected chi connectivity index (χ3v) is 6.85. The number of dihydropyridines is 1. The first kappa shape index (κ1) is 23.1. The molecule has 1 heterocycles. The van der Waals surface area contributed by atoms with Crippen LogP contribution in [-0.2, 0) is 9.59 Å². The average Bonchev–Trinajstić information content (AvgIpc) is 2.79. The summed E-state index contributed by atoms with van der Waals surface area (Å²) in [7, 11) is 3.17. The number of carbonyl (C=O) groups is 2. The van der Waals surface area contributed by atoms with Crippen molar-refractivity contribution in [2.45, 2.75) is 39.0 Å². The number of hydrogen-bond donors (Lipinski definition) is 2. The SMILES string of the molecule is COc1cc(C2C(C(=O)Nc3ccccc3C)=C(C)NC3=C2C(=O)CCC3)c(OC)cc1Br. The van der Waals surface area contributed by atoms with Crippen molar-refractivity contribution in [2.75, 3.05) is 19.5 Å². The quantitative estimate of drug-likeness (QED) is 0.564. The fraction of sp³-hybridized carbons (Fsp3) is 0.308. The minimum absolute atomic E-state index is 0.0476. The van der Waals surface area contributed by atoms with Gasteiger partial charge in [-0.3, -0.25) is 9.59 Å². The Bertz CT molecular complexity index is 1200. The normalized spacial score (nSPS) is 18.0. The van der Waals surface area contributed by atoms with Crippen LogP contribution in [0.25, 0.3) is 0 Å². The predicted molar refractivity (Wildman–Crippen MR) is 132 cm³/mol. The number of amides is 1. The molecule has 1 atom stereocenters. The van der Waals surface area contributed by atoms with Crippen molar-refractivity contribution in [3.8, 4) is 11.5 Å². The summed E-state index contributed by atoms with van der Waals surface area (Å²) in [5.74, 6) is 0.398. The molecule has 0 spiro atoms. The number of aryl methyl sites for hydroxylation is 1. The standard InChI is InChI=1S/C26H27BrN2O4/c1-14-8-5-6-9-18(14)29-26(31)23-15(2)28-19-10-7-11-20(30)25(19)24(23)16-12-22(33-4)17(27)13-21(16)32-3/h5-6,8-9,12-13,24,28H,7,10-11H2,1-4H3,(H,29,31). The first-order valence-electron chi connectivity index (χ1n) is 10.9. The Morgan fingerprint density at radius 1 is 1.09 bits per heavy atom. The predicted octanol–water partition coefficient (Wildman–Crippen LogP) is 5.38. The number of rotatable bonds is 5. The van der Waals surface area contributed by atoms with E-state index in [-0.39, 0.29) is 11.7 Å². The van der Waals surface area contributed by atoms with Gasteiger partial charge in [-0.05, 0) is 66.4 Å². The van der Waals surface area contributed by atoms with Gasteiger partial charge in [-0.1, -0.05) is 18.2 Å². The van der Waals surface area contributed by atoms with Crippen LogP contribution >= 0.6 is 15.9 Å². The van der Waals surface area contributed by atoms with Crippen LogP contribution in [0.15, 0.2) is 63.4 Å². The molecule has 172 valence electrons. The second-order valence-corrected chi connectivity index (χ2v) is 9.12. The lowest BCUT2D eigenvalue weighted by atomic mass is 9.74. The number of benzene rings is 2. The van der Waals surface area contributed by atoms with Crippen LogP contribution in [0.1, 0.15) is 43.2 Å². The Balaban J connectivity index is 1.89. The molecule has 2 N–H and O–H groups in total. The highest BCUT2D eigenvalue weighted by atomic mass is 79.9. The van der Waals surface area contributed by atoms with E-state index in [4.69, 9.17) is 9.47 Å². The fourth-order valence-corrected chi connectivity index (χ4v) is 5.09.